The first-order valence-corrected chi connectivity index (χ1v) is 25.3. The number of benzene rings is 2. The smallest absolute Gasteiger partial charge is 0.255 e. The number of carbonyl (C=O) groups is 8. The highest BCUT2D eigenvalue weighted by molar-refractivity contribution is 14.1. The first-order valence-electron chi connectivity index (χ1n) is 23.2. The van der Waals surface area contributed by atoms with E-state index in [4.69, 9.17) is 11.5 Å². The Balaban J connectivity index is 0.000000185. The number of likely N-dealkylation sites (N-methyl/N-ethyl adjacent to an activating group) is 2. The van der Waals surface area contributed by atoms with Gasteiger partial charge in [0, 0.05) is 35.8 Å². The van der Waals surface area contributed by atoms with Crippen LogP contribution >= 0.6 is 45.5 Å². The molecule has 0 aromatic heterocycles. The number of amides is 4. The third kappa shape index (κ3) is 8.42. The molecular weight excluding hydrogens is 1180 g/mol. The number of aliphatic hydroxyl groups excluding tert-OH is 4. The van der Waals surface area contributed by atoms with Crippen LogP contribution in [0.1, 0.15) is 72.9 Å². The van der Waals surface area contributed by atoms with Gasteiger partial charge in [-0.1, -0.05) is 19.9 Å². The Morgan fingerprint density at radius 1 is 0.671 bits per heavy atom. The van der Waals surface area contributed by atoms with Crippen LogP contribution in [0, 0.1) is 27.2 Å². The number of hydrogen-bond acceptors (Lipinski definition) is 18. The highest BCUT2D eigenvalue weighted by Gasteiger charge is 2.66. The quantitative estimate of drug-likeness (QED) is 0.0857. The van der Waals surface area contributed by atoms with E-state index >= 15 is 0 Å². The number of carbonyl (C=O) groups excluding carboxylic acids is 8. The van der Waals surface area contributed by atoms with Gasteiger partial charge < -0.3 is 52.3 Å². The number of aromatic hydroxyl groups is 2. The SMILES string of the molecule is CCc1cc(I)c(O)c2c1C[C@H]1C[C@H]3[C@H](N(C)C)C(=O)C(C(N)=O)=C(O)[C@@]3(O)C(=O)C1=C2O.CCc1ccc(O)c2c1C[C@H]1C[C@H]3[C@H](N(C)C)C(=O)C(C(N)=O)=C(O)[C@@]3(O)C(=O)C1=C2O.O=C1CCC(=O)N1I. The number of phenolic OH excluding ortho intramolecular Hbond substituents is 2. The first kappa shape index (κ1) is 55.0. The van der Waals surface area contributed by atoms with Gasteiger partial charge in [0.15, 0.2) is 22.8 Å². The van der Waals surface area contributed by atoms with Gasteiger partial charge in [-0.15, -0.1) is 0 Å². The molecule has 7 aliphatic rings. The normalized spacial score (nSPS) is 28.5. The lowest BCUT2D eigenvalue weighted by Crippen LogP contribution is -2.65. The highest BCUT2D eigenvalue weighted by atomic mass is 127. The molecule has 390 valence electrons. The zero-order valence-corrected chi connectivity index (χ0v) is 44.8. The van der Waals surface area contributed by atoms with Gasteiger partial charge in [0.25, 0.3) is 11.8 Å². The summed E-state index contributed by atoms with van der Waals surface area (Å²) in [5.74, 6) is -12.9. The third-order valence-corrected chi connectivity index (χ3v) is 17.1. The lowest BCUT2D eigenvalue weighted by molar-refractivity contribution is -0.155. The Hall–Kier alpha value is -5.74. The van der Waals surface area contributed by atoms with Gasteiger partial charge in [-0.25, -0.2) is 3.11 Å². The average molecular weight is 1240 g/mol. The van der Waals surface area contributed by atoms with Crippen molar-refractivity contribution in [2.75, 3.05) is 28.2 Å². The lowest BCUT2D eigenvalue weighted by Gasteiger charge is -2.50. The second-order valence-electron chi connectivity index (χ2n) is 19.5. The number of primary amides is 2. The number of phenols is 2. The number of hydrogen-bond donors (Lipinski definition) is 10. The Kier molecular flexibility index (Phi) is 15.0. The van der Waals surface area contributed by atoms with Crippen molar-refractivity contribution in [2.45, 2.75) is 88.5 Å². The molecule has 12 N–H and O–H groups in total. The standard InChI is InChI=1S/C23H25IN2O7.C23H26N2O7.C4H4INO2/c1-4-8-7-12(24)17(27)14-10(8)5-9-6-11-16(26(2)3)19(29)15(22(25)32)21(31)23(11,33)20(30)13(9)18(14)28;1-4-9-5-6-13(26)15-11(9)7-10-8-12-17(25(2)3)19(28)16(22(24)31)21(30)23(12,32)20(29)14(10)18(15)27;5-6-3(7)1-2-4(6)8/h7,9,11,16,27-28,31,33H,4-6H2,1-3H3,(H2,25,32);5-6,10,12,17,26-27,30,32H,4,7-8H2,1-3H3,(H2,24,31);1-2H2/t9-,11-,16-,23-;10-,12-,17-,23-;/m00./s1. The van der Waals surface area contributed by atoms with Crippen LogP contribution in [0.4, 0.5) is 0 Å². The number of nitrogens with two attached hydrogens (primary N) is 2. The van der Waals surface area contributed by atoms with Crippen LogP contribution in [-0.4, -0.2) is 152 Å². The minimum absolute atomic E-state index is 0.0735. The van der Waals surface area contributed by atoms with Crippen LogP contribution < -0.4 is 11.5 Å². The van der Waals surface area contributed by atoms with E-state index in [1.807, 2.05) is 42.5 Å². The van der Waals surface area contributed by atoms with Gasteiger partial charge in [0.05, 0.1) is 49.6 Å². The topological polar surface area (TPSA) is 360 Å². The lowest BCUT2D eigenvalue weighted by atomic mass is 9.57. The third-order valence-electron chi connectivity index (χ3n) is 15.2. The van der Waals surface area contributed by atoms with Crippen molar-refractivity contribution in [3.63, 3.8) is 0 Å². The average Bonchev–Trinajstić information content (AvgIpc) is 3.60. The zero-order chi connectivity index (χ0) is 54.4. The first-order chi connectivity index (χ1) is 34.0. The molecule has 6 aliphatic carbocycles. The molecule has 8 atom stereocenters. The number of imide groups is 1. The summed E-state index contributed by atoms with van der Waals surface area (Å²) < 4.78 is 1.64. The maximum absolute atomic E-state index is 13.7. The number of halogens is 2. The molecule has 1 saturated heterocycles. The predicted octanol–water partition coefficient (Wildman–Crippen LogP) is 2.14. The Morgan fingerprint density at radius 2 is 1.07 bits per heavy atom. The van der Waals surface area contributed by atoms with Crippen LogP contribution in [0.2, 0.25) is 0 Å². The van der Waals surface area contributed by atoms with Gasteiger partial charge in [0.1, 0.15) is 45.7 Å². The zero-order valence-electron chi connectivity index (χ0n) is 40.4. The van der Waals surface area contributed by atoms with Crippen molar-refractivity contribution < 1.29 is 79.2 Å². The van der Waals surface area contributed by atoms with Gasteiger partial charge in [-0.05, 0) is 136 Å². The van der Waals surface area contributed by atoms with E-state index in [-0.39, 0.29) is 58.4 Å². The van der Waals surface area contributed by atoms with E-state index in [9.17, 15) is 79.2 Å². The van der Waals surface area contributed by atoms with Crippen molar-refractivity contribution in [2.24, 2.45) is 35.1 Å². The van der Waals surface area contributed by atoms with E-state index in [2.05, 4.69) is 0 Å². The fourth-order valence-electron chi connectivity index (χ4n) is 11.9. The van der Waals surface area contributed by atoms with Crippen molar-refractivity contribution in [3.8, 4) is 11.5 Å². The molecule has 0 radical (unpaired) electrons. The summed E-state index contributed by atoms with van der Waals surface area (Å²) in [7, 11) is 6.28. The molecular formula is C50H55I2N5O16. The fraction of sp³-hybridized carbons (Fsp3) is 0.440. The van der Waals surface area contributed by atoms with Crippen LogP contribution in [-0.2, 0) is 64.0 Å². The molecule has 9 rings (SSSR count). The largest absolute Gasteiger partial charge is 0.508 e. The molecule has 4 amide bonds. The molecule has 23 heteroatoms. The maximum Gasteiger partial charge on any atom is 0.255 e. The molecule has 0 bridgehead atoms. The molecule has 0 unspecified atom stereocenters. The molecule has 1 aliphatic heterocycles. The van der Waals surface area contributed by atoms with E-state index in [0.29, 0.717) is 53.2 Å². The summed E-state index contributed by atoms with van der Waals surface area (Å²) in [6, 6.07) is 2.85. The Labute approximate surface area is 445 Å². The summed E-state index contributed by atoms with van der Waals surface area (Å²) in [5.41, 5.74) is 6.97. The second kappa shape index (κ2) is 19.8. The Morgan fingerprint density at radius 3 is 1.42 bits per heavy atom. The van der Waals surface area contributed by atoms with Crippen molar-refractivity contribution in [3.05, 3.63) is 89.0 Å². The molecule has 2 saturated carbocycles. The molecule has 1 heterocycles. The number of Topliss-reactive ketones (excluding diaryl/α,β-unsaturated/α-hetero) is 4. The van der Waals surface area contributed by atoms with Crippen LogP contribution in [0.25, 0.3) is 11.5 Å². The molecule has 2 aromatic rings. The summed E-state index contributed by atoms with van der Waals surface area (Å²) in [4.78, 5) is 101. The van der Waals surface area contributed by atoms with E-state index in [0.717, 1.165) is 14.2 Å². The second-order valence-corrected chi connectivity index (χ2v) is 21.6. The molecule has 0 spiro atoms. The van der Waals surface area contributed by atoms with Gasteiger partial charge >= 0.3 is 0 Å². The number of aryl methyl sites for hydroxylation is 2. The van der Waals surface area contributed by atoms with Crippen LogP contribution in [0.15, 0.2) is 52.0 Å². The van der Waals surface area contributed by atoms with Gasteiger partial charge in [0.2, 0.25) is 23.4 Å². The highest BCUT2D eigenvalue weighted by Crippen LogP contribution is 2.55. The maximum atomic E-state index is 13.7. The molecule has 2 aromatic carbocycles. The van der Waals surface area contributed by atoms with Crippen LogP contribution in [0.5, 0.6) is 11.5 Å². The van der Waals surface area contributed by atoms with E-state index < -0.39 is 116 Å². The van der Waals surface area contributed by atoms with Crippen molar-refractivity contribution in [1.82, 2.24) is 12.9 Å². The Bertz CT molecular complexity index is 2980. The minimum Gasteiger partial charge on any atom is -0.508 e. The fourth-order valence-corrected chi connectivity index (χ4v) is 13.0. The number of aliphatic hydroxyl groups is 6. The van der Waals surface area contributed by atoms with E-state index in [1.54, 1.807) is 57.1 Å². The molecule has 21 nitrogen and oxygen atoms in total. The number of rotatable bonds is 6. The number of nitrogens with zero attached hydrogens (tertiary/aromatic N) is 3. The summed E-state index contributed by atoms with van der Waals surface area (Å²) in [6.45, 7) is 3.88. The van der Waals surface area contributed by atoms with Crippen molar-refractivity contribution in [1.29, 1.82) is 0 Å². The number of fused-ring (bicyclic) bond motifs is 6. The van der Waals surface area contributed by atoms with Crippen LogP contribution in [0.3, 0.4) is 0 Å². The minimum atomic E-state index is -2.62. The van der Waals surface area contributed by atoms with Gasteiger partial charge in [-0.2, -0.15) is 0 Å². The van der Waals surface area contributed by atoms with E-state index in [1.165, 1.54) is 15.9 Å². The molecule has 73 heavy (non-hydrogen) atoms. The number of ketones is 4. The molecule has 3 fully saturated rings. The van der Waals surface area contributed by atoms with Crippen molar-refractivity contribution >= 4 is 104 Å². The van der Waals surface area contributed by atoms with Gasteiger partial charge in [-0.3, -0.25) is 48.2 Å². The summed E-state index contributed by atoms with van der Waals surface area (Å²) >= 11 is 3.66. The summed E-state index contributed by atoms with van der Waals surface area (Å²) in [5, 5.41) is 87.9. The monoisotopic (exact) mass is 1240 g/mol. The predicted molar refractivity (Wildman–Crippen MR) is 275 cm³/mol. The summed E-state index contributed by atoms with van der Waals surface area (Å²) in [6.07, 6.45) is 2.85.